The van der Waals surface area contributed by atoms with E-state index in [2.05, 4.69) is 0 Å². The molecule has 0 heterocycles. The largest absolute Gasteiger partial charge is 0.477 e. The van der Waals surface area contributed by atoms with E-state index in [1.165, 1.54) is 0 Å². The first-order chi connectivity index (χ1) is 6.72. The molecule has 0 aromatic carbocycles. The number of rotatable bonds is 6. The van der Waals surface area contributed by atoms with Crippen molar-refractivity contribution in [1.82, 2.24) is 0 Å². The molecule has 0 fully saturated rings. The van der Waals surface area contributed by atoms with Gasteiger partial charge in [0.25, 0.3) is 0 Å². The van der Waals surface area contributed by atoms with Gasteiger partial charge in [-0.2, -0.15) is 0 Å². The van der Waals surface area contributed by atoms with Gasteiger partial charge in [-0.25, -0.2) is 4.79 Å². The van der Waals surface area contributed by atoms with Crippen molar-refractivity contribution in [3.63, 3.8) is 0 Å². The lowest BCUT2D eigenvalue weighted by atomic mass is 10.1. The van der Waals surface area contributed by atoms with Crippen molar-refractivity contribution in [3.05, 3.63) is 0 Å². The molecule has 0 aromatic rings. The summed E-state index contributed by atoms with van der Waals surface area (Å²) in [5.41, 5.74) is 0. The number of hydrogen-bond donors (Lipinski definition) is 1. The fraction of sp³-hybridized carbons (Fsp3) is 0.800. The highest BCUT2D eigenvalue weighted by Gasteiger charge is 2.48. The molecule has 88 valence electrons. The van der Waals surface area contributed by atoms with E-state index < -0.39 is 29.7 Å². The van der Waals surface area contributed by atoms with E-state index in [-0.39, 0.29) is 0 Å². The molecule has 5 nitrogen and oxygen atoms in total. The number of aliphatic carboxylic acids is 1. The first-order valence-corrected chi connectivity index (χ1v) is 4.82. The summed E-state index contributed by atoms with van der Waals surface area (Å²) < 4.78 is 10.2. The summed E-state index contributed by atoms with van der Waals surface area (Å²) >= 11 is 0. The molecule has 0 aliphatic rings. The monoisotopic (exact) mass is 218 g/mol. The van der Waals surface area contributed by atoms with Crippen LogP contribution in [-0.2, 0) is 19.1 Å². The van der Waals surface area contributed by atoms with Gasteiger partial charge in [0, 0.05) is 6.92 Å². The number of hydrogen-bond acceptors (Lipinski definition) is 4. The molecule has 5 heteroatoms. The molecule has 1 N–H and O–H groups in total. The lowest BCUT2D eigenvalue weighted by Crippen LogP contribution is -2.53. The van der Waals surface area contributed by atoms with E-state index >= 15 is 0 Å². The Morgan fingerprint density at radius 1 is 1.07 bits per heavy atom. The van der Waals surface area contributed by atoms with Gasteiger partial charge in [0.15, 0.2) is 0 Å². The Morgan fingerprint density at radius 2 is 1.40 bits per heavy atom. The third-order valence-corrected chi connectivity index (χ3v) is 1.55. The number of Topliss-reactive ketones (excluding diaryl/α,β-unsaturated/α-hetero) is 1. The van der Waals surface area contributed by atoms with Crippen molar-refractivity contribution in [2.45, 2.75) is 52.6 Å². The van der Waals surface area contributed by atoms with Crippen molar-refractivity contribution in [3.8, 4) is 0 Å². The highest BCUT2D eigenvalue weighted by atomic mass is 16.7. The number of carbonyl (C=O) groups is 2. The molecular formula is C10H18O5. The van der Waals surface area contributed by atoms with Gasteiger partial charge in [-0.05, 0) is 27.7 Å². The zero-order valence-electron chi connectivity index (χ0n) is 9.73. The quantitative estimate of drug-likeness (QED) is 0.535. The van der Waals surface area contributed by atoms with Crippen LogP contribution in [0.25, 0.3) is 0 Å². The van der Waals surface area contributed by atoms with Crippen LogP contribution >= 0.6 is 0 Å². The Bertz CT molecular complexity index is 218. The van der Waals surface area contributed by atoms with Crippen molar-refractivity contribution in [1.29, 1.82) is 0 Å². The van der Waals surface area contributed by atoms with Gasteiger partial charge in [0.1, 0.15) is 0 Å². The highest BCUT2D eigenvalue weighted by molar-refractivity contribution is 6.03. The van der Waals surface area contributed by atoms with Crippen LogP contribution in [0.4, 0.5) is 0 Å². The molecule has 0 rings (SSSR count). The second-order valence-corrected chi connectivity index (χ2v) is 3.81. The Kier molecular flexibility index (Phi) is 4.90. The average molecular weight is 218 g/mol. The Labute approximate surface area is 89.4 Å². The number of ether oxygens (including phenoxy) is 2. The van der Waals surface area contributed by atoms with E-state index in [0.29, 0.717) is 0 Å². The van der Waals surface area contributed by atoms with Gasteiger partial charge < -0.3 is 14.6 Å². The second-order valence-electron chi connectivity index (χ2n) is 3.81. The summed E-state index contributed by atoms with van der Waals surface area (Å²) in [7, 11) is 0. The third-order valence-electron chi connectivity index (χ3n) is 1.55. The molecule has 0 aliphatic carbocycles. The van der Waals surface area contributed by atoms with E-state index in [4.69, 9.17) is 14.6 Å². The van der Waals surface area contributed by atoms with E-state index in [9.17, 15) is 9.59 Å². The number of carboxylic acid groups (broad SMARTS) is 1. The lowest BCUT2D eigenvalue weighted by Gasteiger charge is -2.30. The molecule has 0 unspecified atom stereocenters. The summed E-state index contributed by atoms with van der Waals surface area (Å²) in [6.45, 7) is 7.71. The third kappa shape index (κ3) is 3.60. The molecule has 0 aliphatic heterocycles. The van der Waals surface area contributed by atoms with Crippen LogP contribution in [0.1, 0.15) is 34.6 Å². The topological polar surface area (TPSA) is 72.8 Å². The number of carboxylic acids is 1. The first kappa shape index (κ1) is 14.1. The van der Waals surface area contributed by atoms with Crippen molar-refractivity contribution >= 4 is 11.8 Å². The smallest absolute Gasteiger partial charge is 0.372 e. The van der Waals surface area contributed by atoms with Crippen LogP contribution in [0.15, 0.2) is 0 Å². The zero-order chi connectivity index (χ0) is 12.2. The fourth-order valence-corrected chi connectivity index (χ4v) is 1.11. The Hall–Kier alpha value is -0.940. The molecular weight excluding hydrogens is 200 g/mol. The van der Waals surface area contributed by atoms with Crippen LogP contribution < -0.4 is 0 Å². The maximum atomic E-state index is 11.3. The number of carbonyl (C=O) groups excluding carboxylic acids is 1. The van der Waals surface area contributed by atoms with Gasteiger partial charge in [-0.3, -0.25) is 4.79 Å². The van der Waals surface area contributed by atoms with Crippen molar-refractivity contribution < 1.29 is 24.2 Å². The van der Waals surface area contributed by atoms with Crippen molar-refractivity contribution in [2.24, 2.45) is 0 Å². The minimum absolute atomic E-state index is 0.413. The first-order valence-electron chi connectivity index (χ1n) is 4.82. The van der Waals surface area contributed by atoms with Crippen LogP contribution in [0.3, 0.4) is 0 Å². The maximum absolute atomic E-state index is 11.3. The predicted octanol–water partition coefficient (Wildman–Crippen LogP) is 1.21. The zero-order valence-corrected chi connectivity index (χ0v) is 9.73. The van der Waals surface area contributed by atoms with Crippen molar-refractivity contribution in [2.75, 3.05) is 0 Å². The van der Waals surface area contributed by atoms with Gasteiger partial charge in [-0.15, -0.1) is 0 Å². The highest BCUT2D eigenvalue weighted by Crippen LogP contribution is 2.20. The van der Waals surface area contributed by atoms with E-state index in [1.807, 2.05) is 0 Å². The maximum Gasteiger partial charge on any atom is 0.372 e. The molecule has 0 atom stereocenters. The molecule has 0 bridgehead atoms. The molecule has 0 spiro atoms. The van der Waals surface area contributed by atoms with Crippen LogP contribution in [0.5, 0.6) is 0 Å². The SMILES string of the molecule is CC(=O)C(OC(C)C)(OC(C)C)C(=O)O. The minimum Gasteiger partial charge on any atom is -0.477 e. The summed E-state index contributed by atoms with van der Waals surface area (Å²) in [5, 5.41) is 9.02. The van der Waals surface area contributed by atoms with Crippen LogP contribution in [-0.4, -0.2) is 34.9 Å². The van der Waals surface area contributed by atoms with Gasteiger partial charge in [0.2, 0.25) is 5.78 Å². The standard InChI is InChI=1S/C10H18O5/c1-6(2)14-10(8(5)11,9(12)13)15-7(3)4/h6-7H,1-5H3,(H,12,13). The summed E-state index contributed by atoms with van der Waals surface area (Å²) in [6, 6.07) is 0. The van der Waals surface area contributed by atoms with Gasteiger partial charge in [-0.1, -0.05) is 0 Å². The van der Waals surface area contributed by atoms with Crippen LogP contribution in [0, 0.1) is 0 Å². The lowest BCUT2D eigenvalue weighted by molar-refractivity contribution is -0.255. The minimum atomic E-state index is -2.18. The molecule has 0 aromatic heterocycles. The normalized spacial score (nSPS) is 12.2. The van der Waals surface area contributed by atoms with E-state index in [1.54, 1.807) is 27.7 Å². The Morgan fingerprint density at radius 3 is 1.53 bits per heavy atom. The van der Waals surface area contributed by atoms with E-state index in [0.717, 1.165) is 6.92 Å². The molecule has 0 amide bonds. The second kappa shape index (κ2) is 5.23. The van der Waals surface area contributed by atoms with Crippen LogP contribution in [0.2, 0.25) is 0 Å². The Balaban J connectivity index is 5.08. The predicted molar refractivity (Wildman–Crippen MR) is 53.5 cm³/mol. The van der Waals surface area contributed by atoms with Gasteiger partial charge in [0.05, 0.1) is 12.2 Å². The molecule has 0 radical (unpaired) electrons. The molecule has 0 saturated carbocycles. The molecule has 0 saturated heterocycles. The molecule has 15 heavy (non-hydrogen) atoms. The average Bonchev–Trinajstić information content (AvgIpc) is 1.99. The summed E-state index contributed by atoms with van der Waals surface area (Å²) in [5.74, 6) is -4.27. The summed E-state index contributed by atoms with van der Waals surface area (Å²) in [4.78, 5) is 22.4. The van der Waals surface area contributed by atoms with Gasteiger partial charge >= 0.3 is 11.8 Å². The number of ketones is 1. The fourth-order valence-electron chi connectivity index (χ4n) is 1.11. The summed E-state index contributed by atoms with van der Waals surface area (Å²) in [6.07, 6.45) is -0.826.